The van der Waals surface area contributed by atoms with Crippen molar-refractivity contribution in [2.24, 2.45) is 0 Å². The monoisotopic (exact) mass is 233 g/mol. The molecule has 1 aromatic heterocycles. The van der Waals surface area contributed by atoms with Gasteiger partial charge in [0.1, 0.15) is 5.69 Å². The number of aromatic nitrogens is 1. The number of piperazine rings is 1. The minimum Gasteiger partial charge on any atom is -0.351 e. The van der Waals surface area contributed by atoms with Gasteiger partial charge in [-0.2, -0.15) is 0 Å². The SMILES string of the molecule is C=Cc1[nH]c(C(=O)N2CCN(C)CC2)cc1C. The molecule has 0 aliphatic carbocycles. The van der Waals surface area contributed by atoms with Crippen molar-refractivity contribution in [2.45, 2.75) is 6.92 Å². The summed E-state index contributed by atoms with van der Waals surface area (Å²) in [5.41, 5.74) is 2.67. The van der Waals surface area contributed by atoms with E-state index in [1.807, 2.05) is 17.9 Å². The van der Waals surface area contributed by atoms with E-state index in [2.05, 4.69) is 23.5 Å². The molecule has 0 bridgehead atoms. The zero-order valence-electron chi connectivity index (χ0n) is 10.5. The Labute approximate surface area is 102 Å². The van der Waals surface area contributed by atoms with Crippen LogP contribution in [0, 0.1) is 6.92 Å². The Balaban J connectivity index is 2.11. The molecule has 0 atom stereocenters. The molecule has 4 heteroatoms. The van der Waals surface area contributed by atoms with Crippen molar-refractivity contribution in [1.29, 1.82) is 0 Å². The zero-order chi connectivity index (χ0) is 12.4. The molecule has 0 aromatic carbocycles. The van der Waals surface area contributed by atoms with E-state index < -0.39 is 0 Å². The van der Waals surface area contributed by atoms with Crippen LogP contribution in [0.15, 0.2) is 12.6 Å². The van der Waals surface area contributed by atoms with Gasteiger partial charge in [-0.25, -0.2) is 0 Å². The van der Waals surface area contributed by atoms with Gasteiger partial charge in [0.05, 0.1) is 0 Å². The number of nitrogens with one attached hydrogen (secondary N) is 1. The van der Waals surface area contributed by atoms with Crippen LogP contribution in [0.1, 0.15) is 21.7 Å². The van der Waals surface area contributed by atoms with Gasteiger partial charge in [0.2, 0.25) is 0 Å². The molecular weight excluding hydrogens is 214 g/mol. The van der Waals surface area contributed by atoms with Crippen LogP contribution in [0.5, 0.6) is 0 Å². The number of carbonyl (C=O) groups is 1. The van der Waals surface area contributed by atoms with Crippen LogP contribution < -0.4 is 0 Å². The number of aromatic amines is 1. The third-order valence-electron chi connectivity index (χ3n) is 3.28. The summed E-state index contributed by atoms with van der Waals surface area (Å²) >= 11 is 0. The molecule has 0 spiro atoms. The molecule has 2 heterocycles. The van der Waals surface area contributed by atoms with Gasteiger partial charge in [0, 0.05) is 31.9 Å². The fourth-order valence-electron chi connectivity index (χ4n) is 2.08. The molecule has 1 aromatic rings. The molecule has 0 unspecified atom stereocenters. The molecular formula is C13H19N3O. The Morgan fingerprint density at radius 1 is 1.41 bits per heavy atom. The lowest BCUT2D eigenvalue weighted by atomic mass is 10.2. The number of hydrogen-bond donors (Lipinski definition) is 1. The number of aryl methyl sites for hydroxylation is 1. The van der Waals surface area contributed by atoms with Gasteiger partial charge in [0.15, 0.2) is 0 Å². The topological polar surface area (TPSA) is 39.3 Å². The quantitative estimate of drug-likeness (QED) is 0.837. The average molecular weight is 233 g/mol. The van der Waals surface area contributed by atoms with Crippen molar-refractivity contribution in [3.8, 4) is 0 Å². The van der Waals surface area contributed by atoms with Crippen molar-refractivity contribution in [3.63, 3.8) is 0 Å². The van der Waals surface area contributed by atoms with Crippen LogP contribution in [-0.2, 0) is 0 Å². The van der Waals surface area contributed by atoms with E-state index in [1.165, 1.54) is 0 Å². The summed E-state index contributed by atoms with van der Waals surface area (Å²) in [6.45, 7) is 9.20. The van der Waals surface area contributed by atoms with Gasteiger partial charge in [0.25, 0.3) is 5.91 Å². The van der Waals surface area contributed by atoms with E-state index in [0.717, 1.165) is 37.4 Å². The molecule has 92 valence electrons. The van der Waals surface area contributed by atoms with Gasteiger partial charge in [-0.05, 0) is 31.7 Å². The van der Waals surface area contributed by atoms with Gasteiger partial charge in [-0.3, -0.25) is 4.79 Å². The van der Waals surface area contributed by atoms with Crippen LogP contribution in [0.25, 0.3) is 6.08 Å². The third-order valence-corrected chi connectivity index (χ3v) is 3.28. The zero-order valence-corrected chi connectivity index (χ0v) is 10.5. The lowest BCUT2D eigenvalue weighted by molar-refractivity contribution is 0.0659. The number of nitrogens with zero attached hydrogens (tertiary/aromatic N) is 2. The highest BCUT2D eigenvalue weighted by Gasteiger charge is 2.21. The first-order valence-electron chi connectivity index (χ1n) is 5.91. The molecule has 1 aliphatic rings. The van der Waals surface area contributed by atoms with E-state index in [-0.39, 0.29) is 5.91 Å². The Kier molecular flexibility index (Phi) is 3.33. The minimum absolute atomic E-state index is 0.0919. The first-order valence-corrected chi connectivity index (χ1v) is 5.91. The van der Waals surface area contributed by atoms with E-state index in [1.54, 1.807) is 6.08 Å². The van der Waals surface area contributed by atoms with Gasteiger partial charge in [-0.1, -0.05) is 6.58 Å². The largest absolute Gasteiger partial charge is 0.351 e. The highest BCUT2D eigenvalue weighted by molar-refractivity contribution is 5.93. The second-order valence-electron chi connectivity index (χ2n) is 4.58. The second-order valence-corrected chi connectivity index (χ2v) is 4.58. The summed E-state index contributed by atoms with van der Waals surface area (Å²) in [5, 5.41) is 0. The maximum absolute atomic E-state index is 12.2. The van der Waals surface area contributed by atoms with E-state index in [9.17, 15) is 4.79 Å². The molecule has 2 rings (SSSR count). The van der Waals surface area contributed by atoms with Crippen molar-refractivity contribution in [2.75, 3.05) is 33.2 Å². The Bertz CT molecular complexity index is 428. The molecule has 0 saturated carbocycles. The standard InChI is InChI=1S/C13H19N3O/c1-4-11-10(2)9-12(14-11)13(17)16-7-5-15(3)6-8-16/h4,9,14H,1,5-8H2,2-3H3. The molecule has 1 amide bonds. The predicted octanol–water partition coefficient (Wildman–Crippen LogP) is 1.35. The van der Waals surface area contributed by atoms with E-state index >= 15 is 0 Å². The van der Waals surface area contributed by atoms with Gasteiger partial charge >= 0.3 is 0 Å². The number of amides is 1. The van der Waals surface area contributed by atoms with Crippen LogP contribution in [0.3, 0.4) is 0 Å². The average Bonchev–Trinajstić information content (AvgIpc) is 2.70. The Morgan fingerprint density at radius 2 is 2.06 bits per heavy atom. The lowest BCUT2D eigenvalue weighted by Gasteiger charge is -2.32. The maximum Gasteiger partial charge on any atom is 0.270 e. The molecule has 1 saturated heterocycles. The number of rotatable bonds is 2. The fourth-order valence-corrected chi connectivity index (χ4v) is 2.08. The van der Waals surface area contributed by atoms with Crippen molar-refractivity contribution < 1.29 is 4.79 Å². The summed E-state index contributed by atoms with van der Waals surface area (Å²) < 4.78 is 0. The lowest BCUT2D eigenvalue weighted by Crippen LogP contribution is -2.47. The van der Waals surface area contributed by atoms with Crippen LogP contribution in [0.2, 0.25) is 0 Å². The third kappa shape index (κ3) is 2.42. The number of likely N-dealkylation sites (N-methyl/N-ethyl adjacent to an activating group) is 1. The Hall–Kier alpha value is -1.55. The highest BCUT2D eigenvalue weighted by atomic mass is 16.2. The molecule has 1 aliphatic heterocycles. The van der Waals surface area contributed by atoms with Crippen LogP contribution in [-0.4, -0.2) is 53.9 Å². The highest BCUT2D eigenvalue weighted by Crippen LogP contribution is 2.13. The summed E-state index contributed by atoms with van der Waals surface area (Å²) in [6.07, 6.45) is 1.75. The Morgan fingerprint density at radius 3 is 2.59 bits per heavy atom. The summed E-state index contributed by atoms with van der Waals surface area (Å²) in [5.74, 6) is 0.0919. The predicted molar refractivity (Wildman–Crippen MR) is 69.0 cm³/mol. The van der Waals surface area contributed by atoms with Crippen molar-refractivity contribution in [3.05, 3.63) is 29.6 Å². The van der Waals surface area contributed by atoms with Crippen LogP contribution >= 0.6 is 0 Å². The molecule has 0 radical (unpaired) electrons. The summed E-state index contributed by atoms with van der Waals surface area (Å²) in [6, 6.07) is 1.90. The van der Waals surface area contributed by atoms with E-state index in [0.29, 0.717) is 5.69 Å². The summed E-state index contributed by atoms with van der Waals surface area (Å²) in [4.78, 5) is 19.5. The normalized spacial score (nSPS) is 17.2. The number of hydrogen-bond acceptors (Lipinski definition) is 2. The molecule has 4 nitrogen and oxygen atoms in total. The number of H-pyrrole nitrogens is 1. The van der Waals surface area contributed by atoms with E-state index in [4.69, 9.17) is 0 Å². The summed E-state index contributed by atoms with van der Waals surface area (Å²) in [7, 11) is 2.08. The molecule has 17 heavy (non-hydrogen) atoms. The molecule has 1 fully saturated rings. The number of carbonyl (C=O) groups excluding carboxylic acids is 1. The van der Waals surface area contributed by atoms with Crippen molar-refractivity contribution >= 4 is 12.0 Å². The van der Waals surface area contributed by atoms with Gasteiger partial charge in [-0.15, -0.1) is 0 Å². The second kappa shape index (κ2) is 4.75. The smallest absolute Gasteiger partial charge is 0.270 e. The van der Waals surface area contributed by atoms with Crippen LogP contribution in [0.4, 0.5) is 0 Å². The first kappa shape index (κ1) is 11.9. The molecule has 1 N–H and O–H groups in total. The fraction of sp³-hybridized carbons (Fsp3) is 0.462. The first-order chi connectivity index (χ1) is 8.11. The maximum atomic E-state index is 12.2. The van der Waals surface area contributed by atoms with Gasteiger partial charge < -0.3 is 14.8 Å². The minimum atomic E-state index is 0.0919. The van der Waals surface area contributed by atoms with Crippen molar-refractivity contribution in [1.82, 2.24) is 14.8 Å².